The third-order valence-electron chi connectivity index (χ3n) is 12.1. The minimum absolute atomic E-state index is 0.603. The number of nitrogens with zero attached hydrogens (tertiary/aromatic N) is 6. The van der Waals surface area contributed by atoms with Gasteiger partial charge >= 0.3 is 7.44 Å². The van der Waals surface area contributed by atoms with E-state index in [4.69, 9.17) is 15.0 Å². The van der Waals surface area contributed by atoms with Crippen molar-refractivity contribution in [3.05, 3.63) is 237 Å². The molecule has 3 heterocycles. The summed E-state index contributed by atoms with van der Waals surface area (Å²) < 4.78 is 22.6. The largest absolute Gasteiger partial charge is 0.309 e. The maximum absolute atomic E-state index is 16.2. The molecule has 1 unspecified atom stereocenters. The van der Waals surface area contributed by atoms with E-state index >= 15 is 4.57 Å². The van der Waals surface area contributed by atoms with Gasteiger partial charge in [-0.15, -0.1) is 0 Å². The summed E-state index contributed by atoms with van der Waals surface area (Å²) in [5.74, 6) is 1.85. The lowest BCUT2D eigenvalue weighted by Gasteiger charge is -2.33. The number of hydrogen-bond donors (Lipinski definition) is 0. The highest BCUT2D eigenvalue weighted by atomic mass is 31.2. The Morgan fingerprint density at radius 2 is 0.785 bits per heavy atom. The van der Waals surface area contributed by atoms with Crippen LogP contribution in [0.5, 0.6) is 0 Å². The molecule has 0 saturated heterocycles. The molecular weight excluding hydrogens is 816 g/mol. The Labute approximate surface area is 376 Å². The highest BCUT2D eigenvalue weighted by molar-refractivity contribution is 7.76. The second-order valence-corrected chi connectivity index (χ2v) is 18.5. The van der Waals surface area contributed by atoms with Crippen molar-refractivity contribution in [2.45, 2.75) is 0 Å². The maximum Gasteiger partial charge on any atom is 0.301 e. The Morgan fingerprint density at radius 1 is 0.323 bits per heavy atom. The molecule has 0 bridgehead atoms. The standard InChI is InChI=1S/C57H39N6OP/c64-65(48-29-14-5-15-30-48)62(45-24-10-3-11-25-45)53-36-34-43(39-54(53)63(65)46-26-12-4-13-27-46)42-33-35-52-50(38-42)49-31-16-17-32-51(49)61(52)47-28-18-23-44(37-47)57-59-55(40-19-6-1-7-20-40)58-56(60-57)41-21-8-2-9-22-41/h1-39H. The minimum atomic E-state index is -3.50. The van der Waals surface area contributed by atoms with Crippen LogP contribution in [0.3, 0.4) is 0 Å². The molecule has 0 spiro atoms. The second-order valence-electron chi connectivity index (χ2n) is 16.1. The minimum Gasteiger partial charge on any atom is -0.309 e. The van der Waals surface area contributed by atoms with Gasteiger partial charge in [-0.25, -0.2) is 15.0 Å². The Morgan fingerprint density at radius 3 is 1.42 bits per heavy atom. The van der Waals surface area contributed by atoms with Gasteiger partial charge in [-0.1, -0.05) is 158 Å². The summed E-state index contributed by atoms with van der Waals surface area (Å²) in [6.45, 7) is 0. The molecule has 2 aromatic heterocycles. The van der Waals surface area contributed by atoms with Crippen molar-refractivity contribution in [3.63, 3.8) is 0 Å². The van der Waals surface area contributed by atoms with Gasteiger partial charge in [0.05, 0.1) is 27.7 Å². The van der Waals surface area contributed by atoms with Gasteiger partial charge in [0.25, 0.3) is 0 Å². The van der Waals surface area contributed by atoms with Crippen molar-refractivity contribution in [2.24, 2.45) is 0 Å². The number of benzene rings is 9. The molecule has 1 atom stereocenters. The fourth-order valence-electron chi connectivity index (χ4n) is 9.17. The number of anilines is 4. The van der Waals surface area contributed by atoms with E-state index in [0.717, 1.165) is 83.4 Å². The second kappa shape index (κ2) is 15.8. The fraction of sp³-hybridized carbons (Fsp3) is 0. The van der Waals surface area contributed by atoms with Gasteiger partial charge in [0.1, 0.15) is 0 Å². The van der Waals surface area contributed by atoms with E-state index in [-0.39, 0.29) is 0 Å². The molecule has 0 radical (unpaired) electrons. The molecule has 8 heteroatoms. The van der Waals surface area contributed by atoms with E-state index in [1.807, 2.05) is 156 Å². The molecule has 7 nitrogen and oxygen atoms in total. The number of hydrogen-bond acceptors (Lipinski definition) is 4. The first-order chi connectivity index (χ1) is 32.1. The van der Waals surface area contributed by atoms with Crippen LogP contribution >= 0.6 is 7.44 Å². The summed E-state index contributed by atoms with van der Waals surface area (Å²) in [6.07, 6.45) is 0. The van der Waals surface area contributed by atoms with Gasteiger partial charge in [-0.05, 0) is 90.0 Å². The first kappa shape index (κ1) is 38.3. The van der Waals surface area contributed by atoms with E-state index in [1.165, 1.54) is 0 Å². The predicted molar refractivity (Wildman–Crippen MR) is 267 cm³/mol. The molecule has 12 rings (SSSR count). The molecule has 1 aliphatic heterocycles. The van der Waals surface area contributed by atoms with Crippen molar-refractivity contribution < 1.29 is 4.57 Å². The zero-order chi connectivity index (χ0) is 43.3. The number of fused-ring (bicyclic) bond motifs is 4. The van der Waals surface area contributed by atoms with E-state index < -0.39 is 7.44 Å². The molecule has 0 aliphatic carbocycles. The maximum atomic E-state index is 16.2. The number of aromatic nitrogens is 4. The summed E-state index contributed by atoms with van der Waals surface area (Å²) in [5.41, 5.74) is 11.5. The van der Waals surface area contributed by atoms with Crippen molar-refractivity contribution in [2.75, 3.05) is 9.34 Å². The molecule has 0 saturated carbocycles. The van der Waals surface area contributed by atoms with E-state index in [9.17, 15) is 0 Å². The third kappa shape index (κ3) is 6.52. The van der Waals surface area contributed by atoms with Crippen LogP contribution in [0.25, 0.3) is 72.8 Å². The van der Waals surface area contributed by atoms with Crippen molar-refractivity contribution in [1.29, 1.82) is 0 Å². The van der Waals surface area contributed by atoms with Crippen molar-refractivity contribution >= 4 is 57.3 Å². The van der Waals surface area contributed by atoms with Crippen LogP contribution in [0, 0.1) is 0 Å². The SMILES string of the molecule is O=P1(c2ccccc2)N(c2ccccc2)c2ccc(-c3ccc4c(c3)c3ccccc3n4-c3cccc(-c4nc(-c5ccccc5)nc(-c5ccccc5)n4)c3)cc2N1c1ccccc1. The first-order valence-electron chi connectivity index (χ1n) is 21.6. The van der Waals surface area contributed by atoms with Crippen LogP contribution in [0.2, 0.25) is 0 Å². The quantitative estimate of drug-likeness (QED) is 0.142. The Balaban J connectivity index is 0.995. The summed E-state index contributed by atoms with van der Waals surface area (Å²) in [7, 11) is -3.50. The summed E-state index contributed by atoms with van der Waals surface area (Å²) in [4.78, 5) is 15.0. The zero-order valence-corrected chi connectivity index (χ0v) is 35.9. The van der Waals surface area contributed by atoms with Gasteiger partial charge in [0.15, 0.2) is 17.5 Å². The smallest absolute Gasteiger partial charge is 0.301 e. The van der Waals surface area contributed by atoms with Gasteiger partial charge < -0.3 is 4.57 Å². The first-order valence-corrected chi connectivity index (χ1v) is 23.3. The Kier molecular flexibility index (Phi) is 9.29. The van der Waals surface area contributed by atoms with Crippen LogP contribution in [0.4, 0.5) is 22.7 Å². The molecule has 0 N–H and O–H groups in total. The lowest BCUT2D eigenvalue weighted by molar-refractivity contribution is 0.582. The molecular formula is C57H39N6OP. The average Bonchev–Trinajstić information content (AvgIpc) is 3.86. The van der Waals surface area contributed by atoms with Crippen molar-refractivity contribution in [3.8, 4) is 51.0 Å². The highest BCUT2D eigenvalue weighted by Gasteiger charge is 2.49. The zero-order valence-electron chi connectivity index (χ0n) is 35.1. The topological polar surface area (TPSA) is 67.2 Å². The molecule has 65 heavy (non-hydrogen) atoms. The fourth-order valence-corrected chi connectivity index (χ4v) is 12.2. The van der Waals surface area contributed by atoms with E-state index in [1.54, 1.807) is 0 Å². The van der Waals surface area contributed by atoms with E-state index in [2.05, 4.69) is 94.2 Å². The molecule has 9 aromatic carbocycles. The van der Waals surface area contributed by atoms with Gasteiger partial charge in [0.2, 0.25) is 0 Å². The summed E-state index contributed by atoms with van der Waals surface area (Å²) >= 11 is 0. The summed E-state index contributed by atoms with van der Waals surface area (Å²) in [6, 6.07) is 80.4. The molecule has 11 aromatic rings. The lowest BCUT2D eigenvalue weighted by atomic mass is 10.0. The number of para-hydroxylation sites is 3. The van der Waals surface area contributed by atoms with E-state index in [0.29, 0.717) is 17.5 Å². The molecule has 308 valence electrons. The van der Waals surface area contributed by atoms with Crippen LogP contribution in [-0.2, 0) is 4.57 Å². The van der Waals surface area contributed by atoms with Crippen LogP contribution < -0.4 is 14.6 Å². The number of rotatable bonds is 8. The molecule has 1 aliphatic rings. The van der Waals surface area contributed by atoms with Gasteiger partial charge in [-0.3, -0.25) is 13.9 Å². The van der Waals surface area contributed by atoms with Gasteiger partial charge in [0, 0.05) is 44.5 Å². The Bertz CT molecular complexity index is 3530. The van der Waals surface area contributed by atoms with Crippen molar-refractivity contribution in [1.82, 2.24) is 19.5 Å². The highest BCUT2D eigenvalue weighted by Crippen LogP contribution is 2.70. The monoisotopic (exact) mass is 854 g/mol. The summed E-state index contributed by atoms with van der Waals surface area (Å²) in [5, 5.41) is 3.03. The van der Waals surface area contributed by atoms with Crippen LogP contribution in [0.15, 0.2) is 237 Å². The molecule has 0 amide bonds. The molecule has 0 fully saturated rings. The normalized spacial score (nSPS) is 14.5. The average molecular weight is 855 g/mol. The van der Waals surface area contributed by atoms with Crippen LogP contribution in [0.1, 0.15) is 0 Å². The van der Waals surface area contributed by atoms with Crippen LogP contribution in [-0.4, -0.2) is 19.5 Å². The predicted octanol–water partition coefficient (Wildman–Crippen LogP) is 14.4. The van der Waals surface area contributed by atoms with Gasteiger partial charge in [-0.2, -0.15) is 0 Å². The Hall–Kier alpha value is -8.38. The lowest BCUT2D eigenvalue weighted by Crippen LogP contribution is -2.26. The third-order valence-corrected chi connectivity index (χ3v) is 15.1.